The SMILES string of the molecule is Cc1ccc2nc(NC(=O)CCSc3nc4ccccc4c(=O)n3-c3ccccc3)sc2c1. The minimum atomic E-state index is -0.122. The first-order chi connectivity index (χ1) is 16.1. The number of benzene rings is 3. The van der Waals surface area contributed by atoms with Gasteiger partial charge in [0.15, 0.2) is 10.3 Å². The molecule has 2 aromatic heterocycles. The van der Waals surface area contributed by atoms with Gasteiger partial charge in [-0.1, -0.05) is 59.5 Å². The van der Waals surface area contributed by atoms with Crippen LogP contribution in [0.3, 0.4) is 0 Å². The lowest BCUT2D eigenvalue weighted by Crippen LogP contribution is -2.22. The van der Waals surface area contributed by atoms with E-state index in [0.29, 0.717) is 26.9 Å². The number of hydrogen-bond acceptors (Lipinski definition) is 6. The van der Waals surface area contributed by atoms with Gasteiger partial charge in [0.1, 0.15) is 0 Å². The van der Waals surface area contributed by atoms with Crippen LogP contribution in [0.5, 0.6) is 0 Å². The Kier molecular flexibility index (Phi) is 5.93. The van der Waals surface area contributed by atoms with Crippen LogP contribution >= 0.6 is 23.1 Å². The maximum Gasteiger partial charge on any atom is 0.266 e. The number of fused-ring (bicyclic) bond motifs is 2. The number of hydrogen-bond donors (Lipinski definition) is 1. The quantitative estimate of drug-likeness (QED) is 0.264. The van der Waals surface area contributed by atoms with Gasteiger partial charge in [0.05, 0.1) is 26.8 Å². The van der Waals surface area contributed by atoms with Crippen molar-refractivity contribution in [1.82, 2.24) is 14.5 Å². The molecule has 1 N–H and O–H groups in total. The number of carbonyl (C=O) groups is 1. The van der Waals surface area contributed by atoms with E-state index in [-0.39, 0.29) is 17.9 Å². The third kappa shape index (κ3) is 4.53. The Hall–Kier alpha value is -3.49. The van der Waals surface area contributed by atoms with Gasteiger partial charge in [-0.3, -0.25) is 14.2 Å². The Morgan fingerprint density at radius 1 is 1.00 bits per heavy atom. The number of thioether (sulfide) groups is 1. The summed E-state index contributed by atoms with van der Waals surface area (Å²) in [6, 6.07) is 22.8. The number of nitrogens with zero attached hydrogens (tertiary/aromatic N) is 3. The number of aryl methyl sites for hydroxylation is 1. The standard InChI is InChI=1S/C25H20N4O2S2/c1-16-11-12-20-21(15-16)33-24(26-20)28-22(30)13-14-32-25-27-19-10-6-5-9-18(19)23(31)29(25)17-7-3-2-4-8-17/h2-12,15H,13-14H2,1H3,(H,26,28,30). The van der Waals surface area contributed by atoms with Crippen molar-refractivity contribution in [2.24, 2.45) is 0 Å². The van der Waals surface area contributed by atoms with Crippen LogP contribution in [0.15, 0.2) is 82.7 Å². The molecule has 0 fully saturated rings. The van der Waals surface area contributed by atoms with Gasteiger partial charge in [-0.2, -0.15) is 0 Å². The molecule has 3 aromatic carbocycles. The summed E-state index contributed by atoms with van der Waals surface area (Å²) in [7, 11) is 0. The molecule has 0 saturated heterocycles. The molecule has 164 valence electrons. The number of thiazole rings is 1. The largest absolute Gasteiger partial charge is 0.302 e. The van der Waals surface area contributed by atoms with Gasteiger partial charge in [0.25, 0.3) is 5.56 Å². The zero-order valence-corrected chi connectivity index (χ0v) is 19.5. The highest BCUT2D eigenvalue weighted by atomic mass is 32.2. The second-order valence-corrected chi connectivity index (χ2v) is 9.62. The van der Waals surface area contributed by atoms with E-state index in [9.17, 15) is 9.59 Å². The highest BCUT2D eigenvalue weighted by Crippen LogP contribution is 2.27. The molecule has 5 aromatic rings. The lowest BCUT2D eigenvalue weighted by molar-refractivity contribution is -0.115. The molecule has 5 rings (SSSR count). The molecular weight excluding hydrogens is 452 g/mol. The third-order valence-electron chi connectivity index (χ3n) is 5.11. The van der Waals surface area contributed by atoms with Gasteiger partial charge < -0.3 is 5.32 Å². The molecule has 0 aliphatic rings. The Balaban J connectivity index is 1.34. The van der Waals surface area contributed by atoms with E-state index >= 15 is 0 Å². The number of anilines is 1. The second-order valence-electron chi connectivity index (χ2n) is 7.52. The average Bonchev–Trinajstić information content (AvgIpc) is 3.21. The van der Waals surface area contributed by atoms with Gasteiger partial charge in [0, 0.05) is 12.2 Å². The van der Waals surface area contributed by atoms with Crippen LogP contribution in [0.2, 0.25) is 0 Å². The number of carbonyl (C=O) groups excluding carboxylic acids is 1. The summed E-state index contributed by atoms with van der Waals surface area (Å²) in [5.74, 6) is 0.362. The minimum Gasteiger partial charge on any atom is -0.302 e. The van der Waals surface area contributed by atoms with Crippen molar-refractivity contribution in [3.05, 3.63) is 88.7 Å². The lowest BCUT2D eigenvalue weighted by atomic mass is 10.2. The fourth-order valence-corrected chi connectivity index (χ4v) is 5.45. The number of rotatable bonds is 6. The molecule has 8 heteroatoms. The summed E-state index contributed by atoms with van der Waals surface area (Å²) in [4.78, 5) is 35.0. The lowest BCUT2D eigenvalue weighted by Gasteiger charge is -2.13. The first-order valence-corrected chi connectivity index (χ1v) is 12.3. The average molecular weight is 473 g/mol. The second kappa shape index (κ2) is 9.17. The van der Waals surface area contributed by atoms with Crippen molar-refractivity contribution in [3.8, 4) is 5.69 Å². The molecule has 0 spiro atoms. The topological polar surface area (TPSA) is 76.9 Å². The molecule has 0 aliphatic heterocycles. The van der Waals surface area contributed by atoms with E-state index in [2.05, 4.69) is 16.4 Å². The van der Waals surface area contributed by atoms with Gasteiger partial charge in [-0.15, -0.1) is 0 Å². The summed E-state index contributed by atoms with van der Waals surface area (Å²) in [6.07, 6.45) is 0.275. The minimum absolute atomic E-state index is 0.118. The maximum absolute atomic E-state index is 13.2. The third-order valence-corrected chi connectivity index (χ3v) is 6.98. The van der Waals surface area contributed by atoms with Crippen molar-refractivity contribution >= 4 is 55.3 Å². The molecule has 1 amide bonds. The van der Waals surface area contributed by atoms with Crippen molar-refractivity contribution < 1.29 is 4.79 Å². The zero-order valence-electron chi connectivity index (χ0n) is 17.8. The van der Waals surface area contributed by atoms with E-state index < -0.39 is 0 Å². The van der Waals surface area contributed by atoms with Gasteiger partial charge in [-0.25, -0.2) is 9.97 Å². The molecule has 0 unspecified atom stereocenters. The van der Waals surface area contributed by atoms with Crippen molar-refractivity contribution in [2.45, 2.75) is 18.5 Å². The maximum atomic E-state index is 13.2. The molecular formula is C25H20N4O2S2. The molecule has 33 heavy (non-hydrogen) atoms. The fraction of sp³-hybridized carbons (Fsp3) is 0.120. The van der Waals surface area contributed by atoms with Crippen LogP contribution in [-0.4, -0.2) is 26.2 Å². The Morgan fingerprint density at radius 2 is 1.79 bits per heavy atom. The highest BCUT2D eigenvalue weighted by molar-refractivity contribution is 7.99. The Bertz CT molecular complexity index is 1530. The van der Waals surface area contributed by atoms with Gasteiger partial charge in [-0.05, 0) is 48.9 Å². The van der Waals surface area contributed by atoms with Gasteiger partial charge >= 0.3 is 0 Å². The molecule has 6 nitrogen and oxygen atoms in total. The molecule has 0 radical (unpaired) electrons. The van der Waals surface area contributed by atoms with E-state index in [1.807, 2.05) is 67.6 Å². The zero-order chi connectivity index (χ0) is 22.8. The smallest absolute Gasteiger partial charge is 0.266 e. The summed E-state index contributed by atoms with van der Waals surface area (Å²) >= 11 is 2.86. The van der Waals surface area contributed by atoms with E-state index in [0.717, 1.165) is 21.5 Å². The van der Waals surface area contributed by atoms with Crippen molar-refractivity contribution in [2.75, 3.05) is 11.1 Å². The van der Waals surface area contributed by atoms with Crippen molar-refractivity contribution in [1.29, 1.82) is 0 Å². The first kappa shape index (κ1) is 21.4. The van der Waals surface area contributed by atoms with Gasteiger partial charge in [0.2, 0.25) is 5.91 Å². The summed E-state index contributed by atoms with van der Waals surface area (Å²) in [5, 5.41) is 4.61. The fourth-order valence-electron chi connectivity index (χ4n) is 3.52. The summed E-state index contributed by atoms with van der Waals surface area (Å²) in [5.41, 5.74) is 3.31. The molecule has 0 aliphatic carbocycles. The predicted octanol–water partition coefficient (Wildman–Crippen LogP) is 5.42. The van der Waals surface area contributed by atoms with Crippen LogP contribution in [0.25, 0.3) is 26.8 Å². The predicted molar refractivity (Wildman–Crippen MR) is 136 cm³/mol. The Labute approximate surface area is 198 Å². The number of amides is 1. The van der Waals surface area contributed by atoms with E-state index in [4.69, 9.17) is 4.98 Å². The molecule has 0 saturated carbocycles. The number of para-hydroxylation sites is 2. The monoisotopic (exact) mass is 472 g/mol. The molecule has 0 atom stereocenters. The molecule has 0 bridgehead atoms. The normalized spacial score (nSPS) is 11.2. The number of aromatic nitrogens is 3. The van der Waals surface area contributed by atoms with E-state index in [1.54, 1.807) is 10.6 Å². The summed E-state index contributed by atoms with van der Waals surface area (Å²) < 4.78 is 2.66. The van der Waals surface area contributed by atoms with Crippen LogP contribution in [-0.2, 0) is 4.79 Å². The van der Waals surface area contributed by atoms with Crippen LogP contribution < -0.4 is 10.9 Å². The summed E-state index contributed by atoms with van der Waals surface area (Å²) in [6.45, 7) is 2.03. The first-order valence-electron chi connectivity index (χ1n) is 10.5. The van der Waals surface area contributed by atoms with Crippen LogP contribution in [0.4, 0.5) is 5.13 Å². The molecule has 2 heterocycles. The Morgan fingerprint density at radius 3 is 2.64 bits per heavy atom. The highest BCUT2D eigenvalue weighted by Gasteiger charge is 2.14. The van der Waals surface area contributed by atoms with Crippen molar-refractivity contribution in [3.63, 3.8) is 0 Å². The van der Waals surface area contributed by atoms with Crippen LogP contribution in [0.1, 0.15) is 12.0 Å². The number of nitrogens with one attached hydrogen (secondary N) is 1. The van der Waals surface area contributed by atoms with Crippen LogP contribution in [0, 0.1) is 6.92 Å². The van der Waals surface area contributed by atoms with E-state index in [1.165, 1.54) is 23.1 Å².